The zero-order valence-electron chi connectivity index (χ0n) is 9.06. The van der Waals surface area contributed by atoms with Crippen LogP contribution in [0.5, 0.6) is 0 Å². The summed E-state index contributed by atoms with van der Waals surface area (Å²) in [5, 5.41) is 31.4. The molecule has 1 unspecified atom stereocenters. The Kier molecular flexibility index (Phi) is 5.46. The average Bonchev–Trinajstić information content (AvgIpc) is 2.78. The minimum Gasteiger partial charge on any atom is -0.394 e. The van der Waals surface area contributed by atoms with Crippen LogP contribution in [0.2, 0.25) is 0 Å². The molecular weight excluding hydrogens is 224 g/mol. The van der Waals surface area contributed by atoms with Crippen molar-refractivity contribution in [2.75, 3.05) is 19.7 Å². The van der Waals surface area contributed by atoms with Gasteiger partial charge in [-0.2, -0.15) is 5.26 Å². The van der Waals surface area contributed by atoms with E-state index in [9.17, 15) is 0 Å². The molecule has 0 spiro atoms. The van der Waals surface area contributed by atoms with Crippen LogP contribution in [0, 0.1) is 11.3 Å². The van der Waals surface area contributed by atoms with Crippen molar-refractivity contribution < 1.29 is 5.11 Å². The van der Waals surface area contributed by atoms with Gasteiger partial charge in [-0.1, -0.05) is 10.3 Å². The highest BCUT2D eigenvalue weighted by Gasteiger charge is 2.13. The number of hydrogen-bond donors (Lipinski definition) is 2. The fourth-order valence-corrected chi connectivity index (χ4v) is 1.18. The summed E-state index contributed by atoms with van der Waals surface area (Å²) in [4.78, 5) is 2.60. The molecule has 17 heavy (non-hydrogen) atoms. The molecule has 0 saturated heterocycles. The molecule has 90 valence electrons. The lowest BCUT2D eigenvalue weighted by molar-refractivity contribution is 0.268. The van der Waals surface area contributed by atoms with Crippen LogP contribution in [0.1, 0.15) is 11.7 Å². The Labute approximate surface area is 97.3 Å². The molecule has 0 aliphatic carbocycles. The van der Waals surface area contributed by atoms with Gasteiger partial charge in [0.2, 0.25) is 0 Å². The summed E-state index contributed by atoms with van der Waals surface area (Å²) >= 11 is 0. The lowest BCUT2D eigenvalue weighted by Crippen LogP contribution is -2.23. The minimum atomic E-state index is -0.601. The SMILES string of the molecule is N#CC(NCCN=[N+]=[N-])c1cn(CCO)nn1. The summed E-state index contributed by atoms with van der Waals surface area (Å²) in [5.74, 6) is 0. The molecule has 9 heteroatoms. The first-order valence-electron chi connectivity index (χ1n) is 4.96. The van der Waals surface area contributed by atoms with Crippen LogP contribution in [0.25, 0.3) is 10.4 Å². The fraction of sp³-hybridized carbons (Fsp3) is 0.625. The van der Waals surface area contributed by atoms with E-state index in [-0.39, 0.29) is 13.2 Å². The first-order chi connectivity index (χ1) is 8.31. The van der Waals surface area contributed by atoms with Gasteiger partial charge >= 0.3 is 0 Å². The van der Waals surface area contributed by atoms with Gasteiger partial charge in [-0.3, -0.25) is 5.32 Å². The van der Waals surface area contributed by atoms with Crippen molar-refractivity contribution in [3.8, 4) is 6.07 Å². The Morgan fingerprint density at radius 3 is 3.24 bits per heavy atom. The summed E-state index contributed by atoms with van der Waals surface area (Å²) in [6, 6.07) is 1.43. The zero-order chi connectivity index (χ0) is 12.5. The summed E-state index contributed by atoms with van der Waals surface area (Å²) in [6.07, 6.45) is 1.59. The van der Waals surface area contributed by atoms with E-state index in [0.717, 1.165) is 0 Å². The smallest absolute Gasteiger partial charge is 0.141 e. The van der Waals surface area contributed by atoms with E-state index in [0.29, 0.717) is 18.8 Å². The molecule has 1 atom stereocenters. The predicted octanol–water partition coefficient (Wildman–Crippen LogP) is -0.265. The lowest BCUT2D eigenvalue weighted by atomic mass is 10.2. The van der Waals surface area contributed by atoms with Gasteiger partial charge < -0.3 is 5.11 Å². The van der Waals surface area contributed by atoms with Crippen molar-refractivity contribution in [3.05, 3.63) is 22.3 Å². The Balaban J connectivity index is 2.54. The van der Waals surface area contributed by atoms with Crippen molar-refractivity contribution in [3.63, 3.8) is 0 Å². The third kappa shape index (κ3) is 4.08. The maximum Gasteiger partial charge on any atom is 0.141 e. The second-order valence-corrected chi connectivity index (χ2v) is 3.10. The molecule has 0 fully saturated rings. The van der Waals surface area contributed by atoms with Gasteiger partial charge in [-0.05, 0) is 5.53 Å². The molecule has 0 aromatic carbocycles. The topological polar surface area (TPSA) is 136 Å². The molecular formula is C8H12N8O. The zero-order valence-corrected chi connectivity index (χ0v) is 9.06. The normalized spacial score (nSPS) is 11.5. The Bertz CT molecular complexity index is 429. The van der Waals surface area contributed by atoms with Crippen LogP contribution in [0.15, 0.2) is 11.3 Å². The van der Waals surface area contributed by atoms with Gasteiger partial charge in [0.05, 0.1) is 25.4 Å². The van der Waals surface area contributed by atoms with Crippen LogP contribution in [-0.4, -0.2) is 39.8 Å². The summed E-state index contributed by atoms with van der Waals surface area (Å²) in [7, 11) is 0. The number of hydrogen-bond acceptors (Lipinski definition) is 6. The van der Waals surface area contributed by atoms with Gasteiger partial charge in [0.25, 0.3) is 0 Å². The van der Waals surface area contributed by atoms with E-state index in [1.807, 2.05) is 6.07 Å². The number of nitrogens with zero attached hydrogens (tertiary/aromatic N) is 7. The number of nitrogens with one attached hydrogen (secondary N) is 1. The fourth-order valence-electron chi connectivity index (χ4n) is 1.18. The van der Waals surface area contributed by atoms with Gasteiger partial charge in [-0.25, -0.2) is 4.68 Å². The predicted molar refractivity (Wildman–Crippen MR) is 57.5 cm³/mol. The summed E-state index contributed by atoms with van der Waals surface area (Å²) < 4.78 is 1.45. The molecule has 9 nitrogen and oxygen atoms in total. The van der Waals surface area contributed by atoms with E-state index < -0.39 is 6.04 Å². The van der Waals surface area contributed by atoms with Crippen molar-refractivity contribution in [2.24, 2.45) is 5.11 Å². The Morgan fingerprint density at radius 1 is 1.76 bits per heavy atom. The number of aliphatic hydroxyl groups is 1. The van der Waals surface area contributed by atoms with E-state index >= 15 is 0 Å². The molecule has 2 N–H and O–H groups in total. The first kappa shape index (κ1) is 12.9. The molecule has 0 amide bonds. The molecule has 0 radical (unpaired) electrons. The third-order valence-corrected chi connectivity index (χ3v) is 1.93. The highest BCUT2D eigenvalue weighted by atomic mass is 16.3. The van der Waals surface area contributed by atoms with E-state index in [1.54, 1.807) is 6.20 Å². The Hall–Kier alpha value is -2.14. The lowest BCUT2D eigenvalue weighted by Gasteiger charge is -2.05. The van der Waals surface area contributed by atoms with Crippen molar-refractivity contribution in [1.82, 2.24) is 20.3 Å². The quantitative estimate of drug-likeness (QED) is 0.291. The standard InChI is InChI=1S/C8H12N8O/c9-5-7(11-1-2-12-14-10)8-6-16(3-4-17)15-13-8/h6-7,11,17H,1-4H2. The second kappa shape index (κ2) is 7.19. The number of nitriles is 1. The number of azide groups is 1. The van der Waals surface area contributed by atoms with E-state index in [4.69, 9.17) is 15.9 Å². The van der Waals surface area contributed by atoms with E-state index in [2.05, 4.69) is 25.7 Å². The van der Waals surface area contributed by atoms with Gasteiger partial charge in [0.15, 0.2) is 0 Å². The largest absolute Gasteiger partial charge is 0.394 e. The van der Waals surface area contributed by atoms with E-state index in [1.165, 1.54) is 4.68 Å². The number of rotatable bonds is 7. The second-order valence-electron chi connectivity index (χ2n) is 3.10. The summed E-state index contributed by atoms with van der Waals surface area (Å²) in [6.45, 7) is 0.947. The van der Waals surface area contributed by atoms with Crippen LogP contribution in [0.4, 0.5) is 0 Å². The van der Waals surface area contributed by atoms with Crippen LogP contribution in [-0.2, 0) is 6.54 Å². The number of aliphatic hydroxyl groups excluding tert-OH is 1. The summed E-state index contributed by atoms with van der Waals surface area (Å²) in [5.41, 5.74) is 8.56. The maximum atomic E-state index is 8.93. The van der Waals surface area contributed by atoms with Gasteiger partial charge in [-0.15, -0.1) is 5.10 Å². The van der Waals surface area contributed by atoms with Crippen molar-refractivity contribution >= 4 is 0 Å². The third-order valence-electron chi connectivity index (χ3n) is 1.93. The van der Waals surface area contributed by atoms with Gasteiger partial charge in [0.1, 0.15) is 11.7 Å². The van der Waals surface area contributed by atoms with Crippen molar-refractivity contribution in [2.45, 2.75) is 12.6 Å². The molecule has 1 aromatic heterocycles. The Morgan fingerprint density at radius 2 is 2.59 bits per heavy atom. The van der Waals surface area contributed by atoms with Crippen LogP contribution < -0.4 is 5.32 Å². The molecule has 1 aromatic rings. The first-order valence-corrected chi connectivity index (χ1v) is 4.96. The molecule has 0 aliphatic heterocycles. The molecule has 0 bridgehead atoms. The molecule has 0 aliphatic rings. The van der Waals surface area contributed by atoms with Gasteiger partial charge in [0, 0.05) is 18.0 Å². The molecule has 0 saturated carbocycles. The maximum absolute atomic E-state index is 8.93. The molecule has 1 rings (SSSR count). The van der Waals surface area contributed by atoms with Crippen molar-refractivity contribution in [1.29, 1.82) is 5.26 Å². The number of aromatic nitrogens is 3. The highest BCUT2D eigenvalue weighted by Crippen LogP contribution is 2.06. The monoisotopic (exact) mass is 236 g/mol. The van der Waals surface area contributed by atoms with Crippen LogP contribution >= 0.6 is 0 Å². The highest BCUT2D eigenvalue weighted by molar-refractivity contribution is 5.10. The molecule has 1 heterocycles. The average molecular weight is 236 g/mol. The minimum absolute atomic E-state index is 0.0374. The van der Waals surface area contributed by atoms with Crippen LogP contribution in [0.3, 0.4) is 0 Å².